The summed E-state index contributed by atoms with van der Waals surface area (Å²) < 4.78 is 80.4. The summed E-state index contributed by atoms with van der Waals surface area (Å²) in [6.07, 6.45) is -2.72. The van der Waals surface area contributed by atoms with Crippen LogP contribution in [0.15, 0.2) is 0 Å². The zero-order valence-corrected chi connectivity index (χ0v) is 15.3. The Bertz CT molecular complexity index is 387. The summed E-state index contributed by atoms with van der Waals surface area (Å²) in [5, 5.41) is 9.57. The van der Waals surface area contributed by atoms with Crippen LogP contribution in [0.4, 0.5) is 30.7 Å². The van der Waals surface area contributed by atoms with Gasteiger partial charge in [-0.15, -0.1) is 0 Å². The van der Waals surface area contributed by atoms with Gasteiger partial charge in [0.15, 0.2) is 12.3 Å². The molecule has 2 fully saturated rings. The summed E-state index contributed by atoms with van der Waals surface area (Å²) in [7, 11) is 0.500. The third-order valence-corrected chi connectivity index (χ3v) is 5.54. The topological polar surface area (TPSA) is 20.2 Å². The highest BCUT2D eigenvalue weighted by Crippen LogP contribution is 2.57. The minimum atomic E-state index is -4.51. The van der Waals surface area contributed by atoms with E-state index in [1.807, 2.05) is 0 Å². The largest absolute Gasteiger partial charge is 0.416 e. The first-order valence-electron chi connectivity index (χ1n) is 8.30. The third kappa shape index (κ3) is 6.61. The molecule has 0 aromatic heterocycles. The van der Waals surface area contributed by atoms with Crippen molar-refractivity contribution in [1.82, 2.24) is 0 Å². The number of alkyl halides is 7. The molecule has 2 bridgehead atoms. The van der Waals surface area contributed by atoms with Gasteiger partial charge in [0.05, 0.1) is 7.18 Å². The van der Waals surface area contributed by atoms with Crippen LogP contribution in [-0.2, 0) is 0 Å². The van der Waals surface area contributed by atoms with Gasteiger partial charge >= 0.3 is 6.18 Å². The molecular weight excluding hydrogens is 353 g/mol. The van der Waals surface area contributed by atoms with Crippen LogP contribution in [0.1, 0.15) is 47.0 Å². The Hall–Kier alpha value is -0.530. The lowest BCUT2D eigenvalue weighted by Crippen LogP contribution is -2.45. The van der Waals surface area contributed by atoms with Gasteiger partial charge in [-0.25, -0.2) is 13.2 Å². The second-order valence-corrected chi connectivity index (χ2v) is 7.55. The predicted molar refractivity (Wildman–Crippen MR) is 83.0 cm³/mol. The maximum atomic E-state index is 12.7. The standard InChI is InChI=1S/C13H21F3O.C3H5F3.CH3F/c1-7-8(2)11-5-9(7)4-10(11)6-12(3,17)13(14,15)16;1-3(5,6)2-4;1-2/h7-11,17H,4-6H2,1-3H3;2H2,1H3;1H3. The lowest BCUT2D eigenvalue weighted by molar-refractivity contribution is -0.260. The fourth-order valence-corrected chi connectivity index (χ4v) is 3.96. The van der Waals surface area contributed by atoms with Crippen LogP contribution < -0.4 is 0 Å². The minimum absolute atomic E-state index is 0.0443. The lowest BCUT2D eigenvalue weighted by Gasteiger charge is -2.36. The molecule has 0 amide bonds. The molecule has 1 nitrogen and oxygen atoms in total. The molecule has 152 valence electrons. The van der Waals surface area contributed by atoms with E-state index in [2.05, 4.69) is 13.8 Å². The molecule has 0 saturated heterocycles. The average molecular weight is 382 g/mol. The highest BCUT2D eigenvalue weighted by Gasteiger charge is 2.55. The van der Waals surface area contributed by atoms with Crippen molar-refractivity contribution in [1.29, 1.82) is 0 Å². The second-order valence-electron chi connectivity index (χ2n) is 7.55. The van der Waals surface area contributed by atoms with Gasteiger partial charge in [-0.1, -0.05) is 13.8 Å². The van der Waals surface area contributed by atoms with Crippen LogP contribution >= 0.6 is 0 Å². The van der Waals surface area contributed by atoms with Crippen molar-refractivity contribution in [3.05, 3.63) is 0 Å². The average Bonchev–Trinajstić information content (AvgIpc) is 3.00. The van der Waals surface area contributed by atoms with E-state index < -0.39 is 24.4 Å². The van der Waals surface area contributed by atoms with Crippen LogP contribution in [0.3, 0.4) is 0 Å². The molecular formula is C17H29F7O. The number of hydrogen-bond acceptors (Lipinski definition) is 1. The summed E-state index contributed by atoms with van der Waals surface area (Å²) in [6, 6.07) is 0. The molecule has 2 rings (SSSR count). The summed E-state index contributed by atoms with van der Waals surface area (Å²) in [5.41, 5.74) is -2.52. The SMILES string of the molecule is CC(F)(F)CF.CC1C2CC(CC(C)(O)C(F)(F)F)C(C2)C1C.CF. The quantitative estimate of drug-likeness (QED) is 0.610. The van der Waals surface area contributed by atoms with Gasteiger partial charge in [-0.05, 0) is 55.8 Å². The Kier molecular flexibility index (Phi) is 8.72. The molecule has 2 saturated carbocycles. The summed E-state index contributed by atoms with van der Waals surface area (Å²) in [4.78, 5) is 0. The van der Waals surface area contributed by atoms with Crippen LogP contribution in [0.25, 0.3) is 0 Å². The monoisotopic (exact) mass is 382 g/mol. The Balaban J connectivity index is 0.000000614. The highest BCUT2D eigenvalue weighted by atomic mass is 19.4. The summed E-state index contributed by atoms with van der Waals surface area (Å²) in [5.74, 6) is -0.995. The van der Waals surface area contributed by atoms with Gasteiger partial charge in [0, 0.05) is 6.92 Å². The molecule has 0 aliphatic heterocycles. The van der Waals surface area contributed by atoms with Crippen molar-refractivity contribution in [3.63, 3.8) is 0 Å². The van der Waals surface area contributed by atoms with Gasteiger partial charge < -0.3 is 5.11 Å². The first-order chi connectivity index (χ1) is 11.2. The van der Waals surface area contributed by atoms with Crippen LogP contribution in [-0.4, -0.2) is 36.7 Å². The van der Waals surface area contributed by atoms with Crippen LogP contribution in [0.2, 0.25) is 0 Å². The van der Waals surface area contributed by atoms with Crippen molar-refractivity contribution in [2.45, 2.75) is 64.7 Å². The fourth-order valence-electron chi connectivity index (χ4n) is 3.96. The van der Waals surface area contributed by atoms with E-state index >= 15 is 0 Å². The third-order valence-electron chi connectivity index (χ3n) is 5.54. The molecule has 25 heavy (non-hydrogen) atoms. The normalized spacial score (nSPS) is 33.7. The molecule has 1 N–H and O–H groups in total. The van der Waals surface area contributed by atoms with Crippen molar-refractivity contribution < 1.29 is 35.8 Å². The van der Waals surface area contributed by atoms with Gasteiger partial charge in [0.1, 0.15) is 0 Å². The number of hydrogen-bond donors (Lipinski definition) is 1. The van der Waals surface area contributed by atoms with Crippen molar-refractivity contribution >= 4 is 0 Å². The number of rotatable bonds is 3. The maximum Gasteiger partial charge on any atom is 0.416 e. The fraction of sp³-hybridized carbons (Fsp3) is 1.00. The summed E-state index contributed by atoms with van der Waals surface area (Å²) in [6.45, 7) is 4.23. The van der Waals surface area contributed by atoms with E-state index in [0.29, 0.717) is 37.8 Å². The minimum Gasteiger partial charge on any atom is -0.381 e. The van der Waals surface area contributed by atoms with E-state index in [1.165, 1.54) is 0 Å². The molecule has 0 aromatic carbocycles. The maximum absolute atomic E-state index is 12.7. The predicted octanol–water partition coefficient (Wildman–Crippen LogP) is 5.81. The molecule has 0 aromatic rings. The van der Waals surface area contributed by atoms with E-state index in [9.17, 15) is 35.8 Å². The lowest BCUT2D eigenvalue weighted by atomic mass is 9.72. The van der Waals surface area contributed by atoms with Gasteiger partial charge in [-0.3, -0.25) is 4.39 Å². The van der Waals surface area contributed by atoms with Gasteiger partial charge in [0.2, 0.25) is 0 Å². The first-order valence-corrected chi connectivity index (χ1v) is 8.30. The van der Waals surface area contributed by atoms with Crippen molar-refractivity contribution in [2.75, 3.05) is 13.9 Å². The molecule has 0 spiro atoms. The number of halogens is 7. The highest BCUT2D eigenvalue weighted by molar-refractivity contribution is 5.00. The van der Waals surface area contributed by atoms with Gasteiger partial charge in [-0.2, -0.15) is 13.2 Å². The molecule has 2 aliphatic carbocycles. The number of aliphatic hydroxyl groups is 1. The van der Waals surface area contributed by atoms with Crippen LogP contribution in [0, 0.1) is 29.6 Å². The van der Waals surface area contributed by atoms with E-state index in [4.69, 9.17) is 0 Å². The first kappa shape index (κ1) is 24.5. The number of fused-ring (bicyclic) bond motifs is 2. The Morgan fingerprint density at radius 3 is 1.64 bits per heavy atom. The van der Waals surface area contributed by atoms with Crippen molar-refractivity contribution in [2.24, 2.45) is 29.6 Å². The van der Waals surface area contributed by atoms with E-state index in [1.54, 1.807) is 0 Å². The van der Waals surface area contributed by atoms with Crippen LogP contribution in [0.5, 0.6) is 0 Å². The zero-order valence-electron chi connectivity index (χ0n) is 15.3. The molecule has 6 unspecified atom stereocenters. The van der Waals surface area contributed by atoms with E-state index in [-0.39, 0.29) is 12.3 Å². The Labute approximate surface area is 145 Å². The second kappa shape index (κ2) is 8.91. The molecule has 8 heteroatoms. The molecule has 6 atom stereocenters. The molecule has 0 radical (unpaired) electrons. The van der Waals surface area contributed by atoms with E-state index in [0.717, 1.165) is 19.8 Å². The van der Waals surface area contributed by atoms with Crippen molar-refractivity contribution in [3.8, 4) is 0 Å². The smallest absolute Gasteiger partial charge is 0.381 e. The zero-order chi connectivity index (χ0) is 20.2. The Morgan fingerprint density at radius 2 is 1.36 bits per heavy atom. The van der Waals surface area contributed by atoms with Gasteiger partial charge in [0.25, 0.3) is 5.92 Å². The molecule has 2 aliphatic rings. The summed E-state index contributed by atoms with van der Waals surface area (Å²) >= 11 is 0. The molecule has 0 heterocycles. The Morgan fingerprint density at radius 1 is 0.920 bits per heavy atom.